The lowest BCUT2D eigenvalue weighted by atomic mass is 9.99. The molecule has 1 aromatic heterocycles. The first-order chi connectivity index (χ1) is 9.33. The molecule has 0 unspecified atom stereocenters. The minimum atomic E-state index is 0.0605. The number of benzene rings is 1. The van der Waals surface area contributed by atoms with Crippen LogP contribution in [-0.2, 0) is 24.2 Å². The van der Waals surface area contributed by atoms with Crippen LogP contribution in [0.3, 0.4) is 0 Å². The Morgan fingerprint density at radius 2 is 2.32 bits per heavy atom. The maximum Gasteiger partial charge on any atom is 0.228 e. The lowest BCUT2D eigenvalue weighted by molar-refractivity contribution is -0.115. The molecule has 2 N–H and O–H groups in total. The Labute approximate surface area is 116 Å². The quantitative estimate of drug-likeness (QED) is 0.901. The number of thiophene rings is 1. The standard InChI is InChI=1S/C15H16N2OS/c18-15(8-11-5-7-19-10-11)17-14-3-1-2-12-9-16-6-4-13(12)14/h1-3,5,7,10,16H,4,6,8-9H2,(H,17,18). The van der Waals surface area contributed by atoms with Gasteiger partial charge in [-0.3, -0.25) is 4.79 Å². The first kappa shape index (κ1) is 12.4. The Morgan fingerprint density at radius 3 is 3.16 bits per heavy atom. The van der Waals surface area contributed by atoms with Gasteiger partial charge in [0.2, 0.25) is 5.91 Å². The highest BCUT2D eigenvalue weighted by atomic mass is 32.1. The summed E-state index contributed by atoms with van der Waals surface area (Å²) in [6.07, 6.45) is 1.43. The smallest absolute Gasteiger partial charge is 0.228 e. The van der Waals surface area contributed by atoms with E-state index < -0.39 is 0 Å². The third-order valence-electron chi connectivity index (χ3n) is 3.36. The van der Waals surface area contributed by atoms with Crippen LogP contribution >= 0.6 is 11.3 Å². The number of carbonyl (C=O) groups is 1. The fourth-order valence-electron chi connectivity index (χ4n) is 2.42. The molecule has 0 saturated carbocycles. The summed E-state index contributed by atoms with van der Waals surface area (Å²) in [5, 5.41) is 10.4. The number of carbonyl (C=O) groups excluding carboxylic acids is 1. The Morgan fingerprint density at radius 1 is 1.37 bits per heavy atom. The van der Waals surface area contributed by atoms with Crippen LogP contribution < -0.4 is 10.6 Å². The normalized spacial score (nSPS) is 13.9. The molecule has 0 saturated heterocycles. The van der Waals surface area contributed by atoms with Crippen LogP contribution in [0, 0.1) is 0 Å². The number of amides is 1. The molecule has 2 aromatic rings. The van der Waals surface area contributed by atoms with Crippen molar-refractivity contribution in [3.63, 3.8) is 0 Å². The van der Waals surface area contributed by atoms with E-state index in [2.05, 4.69) is 16.7 Å². The van der Waals surface area contributed by atoms with Crippen molar-refractivity contribution < 1.29 is 4.79 Å². The van der Waals surface area contributed by atoms with Crippen molar-refractivity contribution in [3.05, 3.63) is 51.7 Å². The maximum absolute atomic E-state index is 12.0. The fraction of sp³-hybridized carbons (Fsp3) is 0.267. The predicted molar refractivity (Wildman–Crippen MR) is 78.5 cm³/mol. The Hall–Kier alpha value is -1.65. The monoisotopic (exact) mass is 272 g/mol. The van der Waals surface area contributed by atoms with Gasteiger partial charge in [-0.05, 0) is 52.5 Å². The van der Waals surface area contributed by atoms with E-state index in [0.717, 1.165) is 30.8 Å². The van der Waals surface area contributed by atoms with Crippen molar-refractivity contribution in [1.82, 2.24) is 5.32 Å². The van der Waals surface area contributed by atoms with Crippen LogP contribution in [0.1, 0.15) is 16.7 Å². The first-order valence-electron chi connectivity index (χ1n) is 6.45. The summed E-state index contributed by atoms with van der Waals surface area (Å²) in [6, 6.07) is 8.12. The second-order valence-corrected chi connectivity index (χ2v) is 5.51. The van der Waals surface area contributed by atoms with E-state index >= 15 is 0 Å². The predicted octanol–water partition coefficient (Wildman–Crippen LogP) is 2.58. The van der Waals surface area contributed by atoms with Gasteiger partial charge in [0, 0.05) is 12.2 Å². The van der Waals surface area contributed by atoms with Crippen LogP contribution in [0.25, 0.3) is 0 Å². The second-order valence-electron chi connectivity index (χ2n) is 4.73. The number of fused-ring (bicyclic) bond motifs is 1. The van der Waals surface area contributed by atoms with Gasteiger partial charge in [0.05, 0.1) is 6.42 Å². The van der Waals surface area contributed by atoms with Crippen molar-refractivity contribution in [2.75, 3.05) is 11.9 Å². The summed E-state index contributed by atoms with van der Waals surface area (Å²) < 4.78 is 0. The van der Waals surface area contributed by atoms with Crippen molar-refractivity contribution >= 4 is 22.9 Å². The molecule has 1 amide bonds. The zero-order valence-electron chi connectivity index (χ0n) is 10.6. The highest BCUT2D eigenvalue weighted by Gasteiger charge is 2.14. The van der Waals surface area contributed by atoms with Gasteiger partial charge in [0.25, 0.3) is 0 Å². The third kappa shape index (κ3) is 2.85. The number of nitrogens with one attached hydrogen (secondary N) is 2. The third-order valence-corrected chi connectivity index (χ3v) is 4.09. The Bertz CT molecular complexity index is 578. The lowest BCUT2D eigenvalue weighted by Gasteiger charge is -2.20. The maximum atomic E-state index is 12.0. The molecule has 0 atom stereocenters. The minimum absolute atomic E-state index is 0.0605. The van der Waals surface area contributed by atoms with Crippen LogP contribution in [-0.4, -0.2) is 12.5 Å². The zero-order valence-corrected chi connectivity index (χ0v) is 11.4. The number of rotatable bonds is 3. The molecular formula is C15H16N2OS. The summed E-state index contributed by atoms with van der Waals surface area (Å²) in [4.78, 5) is 12.0. The van der Waals surface area contributed by atoms with E-state index in [1.54, 1.807) is 11.3 Å². The molecule has 4 heteroatoms. The topological polar surface area (TPSA) is 41.1 Å². The molecule has 1 aromatic carbocycles. The van der Waals surface area contributed by atoms with Gasteiger partial charge >= 0.3 is 0 Å². The molecule has 2 heterocycles. The molecule has 0 radical (unpaired) electrons. The Balaban J connectivity index is 1.74. The van der Waals surface area contributed by atoms with Gasteiger partial charge in [-0.25, -0.2) is 0 Å². The average molecular weight is 272 g/mol. The molecule has 98 valence electrons. The SMILES string of the molecule is O=C(Cc1ccsc1)Nc1cccc2c1CCNC2. The molecule has 0 spiro atoms. The Kier molecular flexibility index (Phi) is 3.62. The summed E-state index contributed by atoms with van der Waals surface area (Å²) >= 11 is 1.62. The zero-order chi connectivity index (χ0) is 13.1. The van der Waals surface area contributed by atoms with E-state index in [4.69, 9.17) is 0 Å². The highest BCUT2D eigenvalue weighted by molar-refractivity contribution is 7.08. The van der Waals surface area contributed by atoms with Crippen LogP contribution in [0.5, 0.6) is 0 Å². The summed E-state index contributed by atoms with van der Waals surface area (Å²) in [5.41, 5.74) is 4.62. The van der Waals surface area contributed by atoms with Gasteiger partial charge in [-0.2, -0.15) is 11.3 Å². The van der Waals surface area contributed by atoms with Crippen molar-refractivity contribution in [2.45, 2.75) is 19.4 Å². The molecule has 1 aliphatic rings. The molecule has 1 aliphatic heterocycles. The summed E-state index contributed by atoms with van der Waals surface area (Å²) in [5.74, 6) is 0.0605. The van der Waals surface area contributed by atoms with Gasteiger partial charge < -0.3 is 10.6 Å². The summed E-state index contributed by atoms with van der Waals surface area (Å²) in [6.45, 7) is 1.87. The van der Waals surface area contributed by atoms with Crippen molar-refractivity contribution in [1.29, 1.82) is 0 Å². The molecule has 3 nitrogen and oxygen atoms in total. The van der Waals surface area contributed by atoms with E-state index in [1.165, 1.54) is 11.1 Å². The van der Waals surface area contributed by atoms with Crippen LogP contribution in [0.4, 0.5) is 5.69 Å². The molecule has 3 rings (SSSR count). The lowest BCUT2D eigenvalue weighted by Crippen LogP contribution is -2.25. The van der Waals surface area contributed by atoms with Gasteiger partial charge in [0.1, 0.15) is 0 Å². The first-order valence-corrected chi connectivity index (χ1v) is 7.39. The fourth-order valence-corrected chi connectivity index (χ4v) is 3.09. The van der Waals surface area contributed by atoms with Gasteiger partial charge in [0.15, 0.2) is 0 Å². The number of hydrogen-bond acceptors (Lipinski definition) is 3. The van der Waals surface area contributed by atoms with Crippen molar-refractivity contribution in [3.8, 4) is 0 Å². The van der Waals surface area contributed by atoms with Crippen LogP contribution in [0.15, 0.2) is 35.0 Å². The van der Waals surface area contributed by atoms with E-state index in [-0.39, 0.29) is 5.91 Å². The van der Waals surface area contributed by atoms with Crippen molar-refractivity contribution in [2.24, 2.45) is 0 Å². The molecular weight excluding hydrogens is 256 g/mol. The second kappa shape index (κ2) is 5.55. The van der Waals surface area contributed by atoms with Crippen LogP contribution in [0.2, 0.25) is 0 Å². The van der Waals surface area contributed by atoms with Gasteiger partial charge in [-0.15, -0.1) is 0 Å². The number of anilines is 1. The summed E-state index contributed by atoms with van der Waals surface area (Å²) in [7, 11) is 0. The van der Waals surface area contributed by atoms with E-state index in [9.17, 15) is 4.79 Å². The minimum Gasteiger partial charge on any atom is -0.326 e. The van der Waals surface area contributed by atoms with E-state index in [1.807, 2.05) is 29.0 Å². The molecule has 0 fully saturated rings. The largest absolute Gasteiger partial charge is 0.326 e. The molecule has 0 aliphatic carbocycles. The number of hydrogen-bond donors (Lipinski definition) is 2. The van der Waals surface area contributed by atoms with E-state index in [0.29, 0.717) is 6.42 Å². The molecule has 19 heavy (non-hydrogen) atoms. The molecule has 0 bridgehead atoms. The van der Waals surface area contributed by atoms with Gasteiger partial charge in [-0.1, -0.05) is 12.1 Å². The highest BCUT2D eigenvalue weighted by Crippen LogP contribution is 2.23. The average Bonchev–Trinajstić information content (AvgIpc) is 2.92.